The van der Waals surface area contributed by atoms with E-state index in [1.165, 1.54) is 37.0 Å². The van der Waals surface area contributed by atoms with Crippen molar-refractivity contribution in [3.05, 3.63) is 10.6 Å². The van der Waals surface area contributed by atoms with Crippen molar-refractivity contribution in [3.63, 3.8) is 0 Å². The molecule has 6 atom stereocenters. The molecule has 6 nitrogen and oxygen atoms in total. The molecule has 0 aromatic carbocycles. The molecule has 1 amide bonds. The number of hydrogen-bond acceptors (Lipinski definition) is 5. The van der Waals surface area contributed by atoms with Gasteiger partial charge in [-0.15, -0.1) is 11.8 Å². The molecule has 3 fully saturated rings. The number of fused-ring (bicyclic) bond motifs is 1. The molecule has 1 saturated carbocycles. The molecule has 3 heterocycles. The van der Waals surface area contributed by atoms with Crippen molar-refractivity contribution >= 4 is 23.6 Å². The molecule has 4 aliphatic rings. The average Bonchev–Trinajstić information content (AvgIpc) is 3.24. The van der Waals surface area contributed by atoms with Crippen molar-refractivity contribution < 1.29 is 19.8 Å². The summed E-state index contributed by atoms with van der Waals surface area (Å²) in [5.41, 5.74) is 0.160. The van der Waals surface area contributed by atoms with Crippen molar-refractivity contribution in [2.75, 3.05) is 13.1 Å². The first-order chi connectivity index (χ1) is 13.8. The monoisotopic (exact) mass is 422 g/mol. The zero-order chi connectivity index (χ0) is 20.9. The van der Waals surface area contributed by atoms with Gasteiger partial charge in [0.05, 0.1) is 18.1 Å². The van der Waals surface area contributed by atoms with E-state index in [1.54, 1.807) is 18.7 Å². The standard InChI is InChI=1S/C22H34N2O4S/c1-12-18-17(14(3)25)21(26)24(18)19(22(27)28)20(12)29-16-9-10-23(11-16)13(2)15-7-5-4-6-8-15/h12-18,25H,4-11H2,1-3H3,(H,27,28)/t12-,13?,14-,16-,17-,18-/m1/s1. The Morgan fingerprint density at radius 1 is 1.17 bits per heavy atom. The van der Waals surface area contributed by atoms with Crippen LogP contribution in [-0.4, -0.2) is 68.4 Å². The number of thioether (sulfide) groups is 1. The predicted molar refractivity (Wildman–Crippen MR) is 113 cm³/mol. The Kier molecular flexibility index (Phi) is 6.02. The summed E-state index contributed by atoms with van der Waals surface area (Å²) in [6.45, 7) is 8.06. The first kappa shape index (κ1) is 21.2. The van der Waals surface area contributed by atoms with Crippen LogP contribution in [0.15, 0.2) is 10.6 Å². The third-order valence-electron chi connectivity index (χ3n) is 7.69. The molecule has 0 radical (unpaired) electrons. The Bertz CT molecular complexity index is 703. The summed E-state index contributed by atoms with van der Waals surface area (Å²) in [7, 11) is 0. The molecule has 3 aliphatic heterocycles. The van der Waals surface area contributed by atoms with Crippen molar-refractivity contribution in [1.82, 2.24) is 9.80 Å². The maximum atomic E-state index is 12.5. The van der Waals surface area contributed by atoms with Crippen LogP contribution < -0.4 is 0 Å². The van der Waals surface area contributed by atoms with Gasteiger partial charge in [-0.3, -0.25) is 9.69 Å². The smallest absolute Gasteiger partial charge is 0.353 e. The van der Waals surface area contributed by atoms with Gasteiger partial charge in [-0.05, 0) is 45.6 Å². The van der Waals surface area contributed by atoms with Crippen molar-refractivity contribution in [2.45, 2.75) is 82.7 Å². The highest BCUT2D eigenvalue weighted by molar-refractivity contribution is 8.03. The second kappa shape index (κ2) is 8.23. The number of carboxylic acids is 1. The topological polar surface area (TPSA) is 81.1 Å². The number of rotatable bonds is 6. The van der Waals surface area contributed by atoms with E-state index in [9.17, 15) is 19.8 Å². The molecular weight excluding hydrogens is 388 g/mol. The van der Waals surface area contributed by atoms with E-state index in [0.717, 1.165) is 30.3 Å². The first-order valence-electron chi connectivity index (χ1n) is 11.2. The maximum absolute atomic E-state index is 12.5. The minimum absolute atomic E-state index is 0.0341. The van der Waals surface area contributed by atoms with Gasteiger partial charge in [0.1, 0.15) is 5.70 Å². The number of carboxylic acid groups (broad SMARTS) is 1. The predicted octanol–water partition coefficient (Wildman–Crippen LogP) is 2.92. The Morgan fingerprint density at radius 2 is 1.86 bits per heavy atom. The van der Waals surface area contributed by atoms with Crippen LogP contribution >= 0.6 is 11.8 Å². The second-order valence-electron chi connectivity index (χ2n) is 9.43. The number of likely N-dealkylation sites (tertiary alicyclic amines) is 1. The summed E-state index contributed by atoms with van der Waals surface area (Å²) < 4.78 is 0. The van der Waals surface area contributed by atoms with Gasteiger partial charge in [-0.2, -0.15) is 0 Å². The van der Waals surface area contributed by atoms with E-state index in [0.29, 0.717) is 11.3 Å². The van der Waals surface area contributed by atoms with Crippen molar-refractivity contribution in [2.24, 2.45) is 17.8 Å². The van der Waals surface area contributed by atoms with Gasteiger partial charge in [0.2, 0.25) is 5.91 Å². The van der Waals surface area contributed by atoms with Crippen molar-refractivity contribution in [1.29, 1.82) is 0 Å². The molecule has 0 aromatic heterocycles. The number of aliphatic hydroxyl groups excluding tert-OH is 1. The van der Waals surface area contributed by atoms with Gasteiger partial charge < -0.3 is 15.1 Å². The number of carbonyl (C=O) groups excluding carboxylic acids is 1. The van der Waals surface area contributed by atoms with Crippen LogP contribution in [0.5, 0.6) is 0 Å². The van der Waals surface area contributed by atoms with Crippen LogP contribution in [0.1, 0.15) is 59.3 Å². The lowest BCUT2D eigenvalue weighted by atomic mass is 9.79. The van der Waals surface area contributed by atoms with Crippen molar-refractivity contribution in [3.8, 4) is 0 Å². The summed E-state index contributed by atoms with van der Waals surface area (Å²) in [6.07, 6.45) is 7.05. The molecule has 29 heavy (non-hydrogen) atoms. The largest absolute Gasteiger partial charge is 0.477 e. The quantitative estimate of drug-likeness (QED) is 0.641. The third-order valence-corrected chi connectivity index (χ3v) is 9.23. The first-order valence-corrected chi connectivity index (χ1v) is 12.1. The van der Waals surface area contributed by atoms with Crippen LogP contribution in [0.25, 0.3) is 0 Å². The van der Waals surface area contributed by atoms with Gasteiger partial charge in [0, 0.05) is 28.7 Å². The summed E-state index contributed by atoms with van der Waals surface area (Å²) >= 11 is 1.67. The molecule has 162 valence electrons. The van der Waals surface area contributed by atoms with Crippen LogP contribution in [0.4, 0.5) is 0 Å². The van der Waals surface area contributed by atoms with E-state index < -0.39 is 18.0 Å². The number of carbonyl (C=O) groups is 2. The minimum Gasteiger partial charge on any atom is -0.477 e. The number of β-lactam (4-membered cyclic amide) rings is 1. The average molecular weight is 423 g/mol. The lowest BCUT2D eigenvalue weighted by Crippen LogP contribution is -2.63. The molecule has 1 aliphatic carbocycles. The van der Waals surface area contributed by atoms with E-state index in [2.05, 4.69) is 11.8 Å². The van der Waals surface area contributed by atoms with Gasteiger partial charge >= 0.3 is 5.97 Å². The molecule has 1 unspecified atom stereocenters. The second-order valence-corrected chi connectivity index (χ2v) is 10.8. The zero-order valence-electron chi connectivity index (χ0n) is 17.7. The number of hydrogen-bond donors (Lipinski definition) is 2. The van der Waals surface area contributed by atoms with Gasteiger partial charge in [0.15, 0.2) is 0 Å². The molecule has 0 aromatic rings. The SMILES string of the molecule is CC(C1CCCCC1)N1CC[C@@H](SC2=C(C(=O)O)N3C(=O)[C@H]([C@@H](C)O)[C@H]3[C@H]2C)C1. The molecule has 0 bridgehead atoms. The number of aliphatic hydroxyl groups is 1. The van der Waals surface area contributed by atoms with Gasteiger partial charge in [-0.1, -0.05) is 26.2 Å². The zero-order valence-corrected chi connectivity index (χ0v) is 18.5. The third kappa shape index (κ3) is 3.63. The fourth-order valence-corrected chi connectivity index (χ4v) is 7.49. The fourth-order valence-electron chi connectivity index (χ4n) is 5.99. The van der Waals surface area contributed by atoms with Gasteiger partial charge in [-0.25, -0.2) is 4.79 Å². The molecule has 0 spiro atoms. The summed E-state index contributed by atoms with van der Waals surface area (Å²) in [5, 5.41) is 20.2. The number of aliphatic carboxylic acids is 1. The Hall–Kier alpha value is -1.05. The number of amides is 1. The molecule has 4 rings (SSSR count). The van der Waals surface area contributed by atoms with Crippen LogP contribution in [0, 0.1) is 17.8 Å². The maximum Gasteiger partial charge on any atom is 0.353 e. The van der Waals surface area contributed by atoms with Gasteiger partial charge in [0.25, 0.3) is 0 Å². The minimum atomic E-state index is -1.02. The number of nitrogens with zero attached hydrogens (tertiary/aromatic N) is 2. The van der Waals surface area contributed by atoms with E-state index in [4.69, 9.17) is 0 Å². The molecule has 7 heteroatoms. The highest BCUT2D eigenvalue weighted by Gasteiger charge is 2.60. The molecular formula is C22H34N2O4S. The van der Waals surface area contributed by atoms with Crippen LogP contribution in [0.2, 0.25) is 0 Å². The summed E-state index contributed by atoms with van der Waals surface area (Å²) in [5.74, 6) is -0.997. The van der Waals surface area contributed by atoms with E-state index in [1.807, 2.05) is 6.92 Å². The highest BCUT2D eigenvalue weighted by Crippen LogP contribution is 2.52. The highest BCUT2D eigenvalue weighted by atomic mass is 32.2. The van der Waals surface area contributed by atoms with Crippen LogP contribution in [0.3, 0.4) is 0 Å². The molecule has 2 N–H and O–H groups in total. The molecule has 2 saturated heterocycles. The van der Waals surface area contributed by atoms with E-state index in [-0.39, 0.29) is 23.6 Å². The normalized spacial score (nSPS) is 35.6. The Morgan fingerprint density at radius 3 is 2.48 bits per heavy atom. The lowest BCUT2D eigenvalue weighted by Gasteiger charge is -2.46. The lowest BCUT2D eigenvalue weighted by molar-refractivity contribution is -0.163. The Balaban J connectivity index is 1.45. The summed E-state index contributed by atoms with van der Waals surface area (Å²) in [4.78, 5) is 29.3. The van der Waals surface area contributed by atoms with E-state index >= 15 is 0 Å². The summed E-state index contributed by atoms with van der Waals surface area (Å²) in [6, 6.07) is 0.380. The fraction of sp³-hybridized carbons (Fsp3) is 0.818. The van der Waals surface area contributed by atoms with Crippen LogP contribution in [-0.2, 0) is 9.59 Å². The Labute approximate surface area is 177 Å².